The van der Waals surface area contributed by atoms with Crippen LogP contribution in [0.1, 0.15) is 19.8 Å². The fraction of sp³-hybridized carbons (Fsp3) is 0.562. The van der Waals surface area contributed by atoms with E-state index in [0.717, 1.165) is 31.6 Å². The van der Waals surface area contributed by atoms with Crippen LogP contribution in [0.4, 0.5) is 5.69 Å². The molecule has 2 saturated heterocycles. The molecule has 0 aromatic carbocycles. The van der Waals surface area contributed by atoms with Gasteiger partial charge in [-0.25, -0.2) is 0 Å². The molecule has 6 nitrogen and oxygen atoms in total. The topological polar surface area (TPSA) is 65.5 Å². The lowest BCUT2D eigenvalue weighted by Gasteiger charge is -2.35. The quantitative estimate of drug-likeness (QED) is 0.905. The summed E-state index contributed by atoms with van der Waals surface area (Å²) in [7, 11) is 0. The second kappa shape index (κ2) is 7.21. The maximum atomic E-state index is 12.7. The van der Waals surface area contributed by atoms with Crippen LogP contribution in [0.2, 0.25) is 0 Å². The van der Waals surface area contributed by atoms with E-state index in [1.54, 1.807) is 22.9 Å². The molecule has 1 unspecified atom stereocenters. The molecule has 7 heteroatoms. The van der Waals surface area contributed by atoms with Gasteiger partial charge in [-0.15, -0.1) is 11.8 Å². The normalized spacial score (nSPS) is 22.2. The van der Waals surface area contributed by atoms with Crippen molar-refractivity contribution in [1.82, 2.24) is 14.8 Å². The molecule has 0 bridgehead atoms. The van der Waals surface area contributed by atoms with E-state index >= 15 is 0 Å². The number of amides is 2. The monoisotopic (exact) mass is 334 g/mol. The van der Waals surface area contributed by atoms with Crippen LogP contribution in [0.5, 0.6) is 0 Å². The molecule has 0 radical (unpaired) electrons. The summed E-state index contributed by atoms with van der Waals surface area (Å²) >= 11 is 1.65. The van der Waals surface area contributed by atoms with Gasteiger partial charge in [0.1, 0.15) is 6.04 Å². The second-order valence-electron chi connectivity index (χ2n) is 5.99. The van der Waals surface area contributed by atoms with Gasteiger partial charge in [0.15, 0.2) is 0 Å². The molecule has 2 fully saturated rings. The molecule has 23 heavy (non-hydrogen) atoms. The van der Waals surface area contributed by atoms with Crippen LogP contribution in [-0.4, -0.2) is 63.4 Å². The average Bonchev–Trinajstić information content (AvgIpc) is 3.06. The van der Waals surface area contributed by atoms with Crippen molar-refractivity contribution in [3.05, 3.63) is 24.5 Å². The lowest BCUT2D eigenvalue weighted by Crippen LogP contribution is -2.51. The molecule has 3 heterocycles. The molecule has 3 rings (SSSR count). The van der Waals surface area contributed by atoms with Gasteiger partial charge in [-0.2, -0.15) is 0 Å². The maximum absolute atomic E-state index is 12.7. The first-order valence-electron chi connectivity index (χ1n) is 7.95. The average molecular weight is 334 g/mol. The van der Waals surface area contributed by atoms with E-state index in [2.05, 4.69) is 10.3 Å². The van der Waals surface area contributed by atoms with Gasteiger partial charge in [-0.3, -0.25) is 14.6 Å². The van der Waals surface area contributed by atoms with Crippen molar-refractivity contribution in [3.8, 4) is 0 Å². The highest BCUT2D eigenvalue weighted by atomic mass is 32.2. The number of nitrogens with one attached hydrogen (secondary N) is 1. The number of hydrogen-bond acceptors (Lipinski definition) is 5. The van der Waals surface area contributed by atoms with Crippen molar-refractivity contribution < 1.29 is 9.59 Å². The van der Waals surface area contributed by atoms with Crippen LogP contribution in [0, 0.1) is 0 Å². The van der Waals surface area contributed by atoms with Crippen LogP contribution in [0.15, 0.2) is 24.5 Å². The minimum Gasteiger partial charge on any atom is -0.381 e. The number of carbonyl (C=O) groups is 2. The summed E-state index contributed by atoms with van der Waals surface area (Å²) in [6.07, 6.45) is 5.41. The van der Waals surface area contributed by atoms with Gasteiger partial charge in [0, 0.05) is 44.2 Å². The molecule has 1 aromatic rings. The Morgan fingerprint density at radius 3 is 2.78 bits per heavy atom. The number of likely N-dealkylation sites (tertiary alicyclic amines) is 1. The smallest absolute Gasteiger partial charge is 0.246 e. The standard InChI is InChI=1S/C16H22N4O2S/c1-12(21)20-11-23-10-15(20)16(22)19-7-4-13(5-8-19)18-14-3-2-6-17-9-14/h2-3,6,9,13,15,18H,4-5,7-8,10-11H2,1H3. The molecule has 0 aliphatic carbocycles. The summed E-state index contributed by atoms with van der Waals surface area (Å²) in [6.45, 7) is 3.02. The van der Waals surface area contributed by atoms with E-state index < -0.39 is 0 Å². The van der Waals surface area contributed by atoms with Crippen LogP contribution < -0.4 is 5.32 Å². The number of carbonyl (C=O) groups excluding carboxylic acids is 2. The van der Waals surface area contributed by atoms with Crippen LogP contribution in [0.25, 0.3) is 0 Å². The Balaban J connectivity index is 1.52. The highest BCUT2D eigenvalue weighted by Gasteiger charge is 2.36. The van der Waals surface area contributed by atoms with Crippen molar-refractivity contribution >= 4 is 29.3 Å². The van der Waals surface area contributed by atoms with Crippen molar-refractivity contribution in [2.45, 2.75) is 31.8 Å². The summed E-state index contributed by atoms with van der Waals surface area (Å²) < 4.78 is 0. The third-order valence-corrected chi connectivity index (χ3v) is 5.42. The SMILES string of the molecule is CC(=O)N1CSCC1C(=O)N1CCC(Nc2cccnc2)CC1. The van der Waals surface area contributed by atoms with Gasteiger partial charge in [-0.1, -0.05) is 0 Å². The summed E-state index contributed by atoms with van der Waals surface area (Å²) in [6, 6.07) is 4.01. The summed E-state index contributed by atoms with van der Waals surface area (Å²) in [5, 5.41) is 3.47. The minimum absolute atomic E-state index is 0.0125. The summed E-state index contributed by atoms with van der Waals surface area (Å²) in [5.41, 5.74) is 1.02. The van der Waals surface area contributed by atoms with E-state index in [4.69, 9.17) is 0 Å². The number of anilines is 1. The van der Waals surface area contributed by atoms with E-state index in [0.29, 0.717) is 17.7 Å². The number of thioether (sulfide) groups is 1. The predicted octanol–water partition coefficient (Wildman–Crippen LogP) is 1.41. The van der Waals surface area contributed by atoms with Crippen LogP contribution >= 0.6 is 11.8 Å². The van der Waals surface area contributed by atoms with Crippen molar-refractivity contribution in [2.75, 3.05) is 30.0 Å². The lowest BCUT2D eigenvalue weighted by molar-refractivity contribution is -0.143. The summed E-state index contributed by atoms with van der Waals surface area (Å²) in [5.74, 6) is 1.43. The molecule has 2 aliphatic heterocycles. The second-order valence-corrected chi connectivity index (χ2v) is 6.99. The van der Waals surface area contributed by atoms with Gasteiger partial charge in [-0.05, 0) is 25.0 Å². The van der Waals surface area contributed by atoms with Crippen LogP contribution in [-0.2, 0) is 9.59 Å². The molecule has 1 atom stereocenters. The van der Waals surface area contributed by atoms with Gasteiger partial charge < -0.3 is 15.1 Å². The number of aromatic nitrogens is 1. The fourth-order valence-corrected chi connectivity index (χ4v) is 4.31. The van der Waals surface area contributed by atoms with Crippen molar-refractivity contribution in [3.63, 3.8) is 0 Å². The number of pyridine rings is 1. The number of hydrogen-bond donors (Lipinski definition) is 1. The zero-order valence-corrected chi connectivity index (χ0v) is 14.1. The van der Waals surface area contributed by atoms with E-state index in [1.165, 1.54) is 6.92 Å². The number of piperidine rings is 1. The predicted molar refractivity (Wildman–Crippen MR) is 91.1 cm³/mol. The molecular formula is C16H22N4O2S. The molecule has 2 amide bonds. The van der Waals surface area contributed by atoms with Gasteiger partial charge in [0.05, 0.1) is 11.6 Å². The Kier molecular flexibility index (Phi) is 5.05. The highest BCUT2D eigenvalue weighted by Crippen LogP contribution is 2.24. The first-order valence-corrected chi connectivity index (χ1v) is 9.11. The van der Waals surface area contributed by atoms with E-state index in [9.17, 15) is 9.59 Å². The molecule has 2 aliphatic rings. The van der Waals surface area contributed by atoms with E-state index in [-0.39, 0.29) is 17.9 Å². The molecule has 0 spiro atoms. The van der Waals surface area contributed by atoms with Gasteiger partial charge in [0.2, 0.25) is 11.8 Å². The lowest BCUT2D eigenvalue weighted by atomic mass is 10.0. The van der Waals surface area contributed by atoms with Crippen LogP contribution in [0.3, 0.4) is 0 Å². The fourth-order valence-electron chi connectivity index (χ4n) is 3.10. The Bertz CT molecular complexity index is 560. The molecule has 1 aromatic heterocycles. The Morgan fingerprint density at radius 2 is 2.13 bits per heavy atom. The first-order chi connectivity index (χ1) is 11.1. The number of nitrogens with zero attached hydrogens (tertiary/aromatic N) is 3. The largest absolute Gasteiger partial charge is 0.381 e. The molecular weight excluding hydrogens is 312 g/mol. The summed E-state index contributed by atoms with van der Waals surface area (Å²) in [4.78, 5) is 32.0. The molecule has 0 saturated carbocycles. The molecule has 124 valence electrons. The molecule has 1 N–H and O–H groups in total. The first kappa shape index (κ1) is 16.1. The van der Waals surface area contributed by atoms with E-state index in [1.807, 2.05) is 23.2 Å². The maximum Gasteiger partial charge on any atom is 0.246 e. The van der Waals surface area contributed by atoms with Gasteiger partial charge >= 0.3 is 0 Å². The zero-order valence-electron chi connectivity index (χ0n) is 13.3. The minimum atomic E-state index is -0.277. The van der Waals surface area contributed by atoms with Crippen molar-refractivity contribution in [2.24, 2.45) is 0 Å². The zero-order chi connectivity index (χ0) is 16.2. The Hall–Kier alpha value is -1.76. The Morgan fingerprint density at radius 1 is 1.35 bits per heavy atom. The third-order valence-electron chi connectivity index (χ3n) is 4.41. The van der Waals surface area contributed by atoms with Crippen molar-refractivity contribution in [1.29, 1.82) is 0 Å². The number of rotatable bonds is 3. The van der Waals surface area contributed by atoms with Gasteiger partial charge in [0.25, 0.3) is 0 Å². The third kappa shape index (κ3) is 3.77. The highest BCUT2D eigenvalue weighted by molar-refractivity contribution is 7.99. The Labute approximate surface area is 140 Å².